The van der Waals surface area contributed by atoms with Crippen molar-refractivity contribution in [1.82, 2.24) is 15.2 Å². The SMILES string of the molecule is CNC(=O)[C@@]1(Cc2ccc(-c3ccccc3)cc2)CCCN(C(=O)Cc2ccccn2)C1. The quantitative estimate of drug-likeness (QED) is 0.649. The van der Waals surface area contributed by atoms with Gasteiger partial charge in [-0.25, -0.2) is 0 Å². The smallest absolute Gasteiger partial charge is 0.228 e. The molecule has 5 heteroatoms. The lowest BCUT2D eigenvalue weighted by atomic mass is 9.74. The van der Waals surface area contributed by atoms with E-state index in [0.717, 1.165) is 29.7 Å². The number of rotatable bonds is 6. The van der Waals surface area contributed by atoms with Gasteiger partial charge in [-0.05, 0) is 48.1 Å². The van der Waals surface area contributed by atoms with Crippen LogP contribution in [0.25, 0.3) is 11.1 Å². The second kappa shape index (κ2) is 9.77. The van der Waals surface area contributed by atoms with Crippen LogP contribution in [0.5, 0.6) is 0 Å². The molecular formula is C27H29N3O2. The molecular weight excluding hydrogens is 398 g/mol. The average Bonchev–Trinajstić information content (AvgIpc) is 2.85. The second-order valence-electron chi connectivity index (χ2n) is 8.52. The molecule has 164 valence electrons. The van der Waals surface area contributed by atoms with Crippen LogP contribution < -0.4 is 5.32 Å². The van der Waals surface area contributed by atoms with Crippen molar-refractivity contribution in [3.63, 3.8) is 0 Å². The van der Waals surface area contributed by atoms with Crippen LogP contribution in [0.3, 0.4) is 0 Å². The predicted octanol–water partition coefficient (Wildman–Crippen LogP) is 3.89. The van der Waals surface area contributed by atoms with Gasteiger partial charge in [-0.1, -0.05) is 60.7 Å². The minimum atomic E-state index is -0.624. The van der Waals surface area contributed by atoms with E-state index < -0.39 is 5.41 Å². The van der Waals surface area contributed by atoms with E-state index in [1.807, 2.05) is 41.3 Å². The number of carbonyl (C=O) groups is 2. The van der Waals surface area contributed by atoms with Gasteiger partial charge in [-0.2, -0.15) is 0 Å². The Hall–Kier alpha value is -3.47. The topological polar surface area (TPSA) is 62.3 Å². The van der Waals surface area contributed by atoms with E-state index >= 15 is 0 Å². The summed E-state index contributed by atoms with van der Waals surface area (Å²) in [5, 5.41) is 2.85. The van der Waals surface area contributed by atoms with Crippen LogP contribution in [0.15, 0.2) is 79.0 Å². The lowest BCUT2D eigenvalue weighted by Crippen LogP contribution is -2.54. The van der Waals surface area contributed by atoms with E-state index in [1.54, 1.807) is 13.2 Å². The van der Waals surface area contributed by atoms with Gasteiger partial charge in [0.2, 0.25) is 11.8 Å². The second-order valence-corrected chi connectivity index (χ2v) is 8.52. The van der Waals surface area contributed by atoms with Crippen LogP contribution in [-0.4, -0.2) is 41.8 Å². The van der Waals surface area contributed by atoms with Gasteiger partial charge in [-0.3, -0.25) is 14.6 Å². The predicted molar refractivity (Wildman–Crippen MR) is 126 cm³/mol. The van der Waals surface area contributed by atoms with Gasteiger partial charge < -0.3 is 10.2 Å². The van der Waals surface area contributed by atoms with E-state index in [0.29, 0.717) is 19.5 Å². The normalized spacial score (nSPS) is 18.2. The molecule has 1 atom stereocenters. The molecule has 1 aliphatic heterocycles. The van der Waals surface area contributed by atoms with Crippen LogP contribution in [0, 0.1) is 5.41 Å². The molecule has 2 aromatic carbocycles. The van der Waals surface area contributed by atoms with Crippen LogP contribution in [-0.2, 0) is 22.4 Å². The van der Waals surface area contributed by atoms with Crippen molar-refractivity contribution in [2.24, 2.45) is 5.41 Å². The highest BCUT2D eigenvalue weighted by Crippen LogP contribution is 2.35. The molecule has 1 aromatic heterocycles. The van der Waals surface area contributed by atoms with Gasteiger partial charge in [0.25, 0.3) is 0 Å². The van der Waals surface area contributed by atoms with E-state index in [-0.39, 0.29) is 18.2 Å². The molecule has 0 spiro atoms. The fourth-order valence-corrected chi connectivity index (χ4v) is 4.63. The summed E-state index contributed by atoms with van der Waals surface area (Å²) < 4.78 is 0. The summed E-state index contributed by atoms with van der Waals surface area (Å²) in [6.45, 7) is 1.11. The molecule has 1 aliphatic rings. The third kappa shape index (κ3) is 4.88. The van der Waals surface area contributed by atoms with E-state index in [9.17, 15) is 9.59 Å². The van der Waals surface area contributed by atoms with Crippen LogP contribution in [0.1, 0.15) is 24.1 Å². The third-order valence-electron chi connectivity index (χ3n) is 6.30. The fourth-order valence-electron chi connectivity index (χ4n) is 4.63. The number of pyridine rings is 1. The Kier molecular flexibility index (Phi) is 6.64. The zero-order valence-electron chi connectivity index (χ0n) is 18.5. The Morgan fingerprint density at radius 1 is 0.969 bits per heavy atom. The molecule has 0 saturated carbocycles. The number of hydrogen-bond donors (Lipinski definition) is 1. The highest BCUT2D eigenvalue weighted by atomic mass is 16.2. The Labute approximate surface area is 189 Å². The minimum Gasteiger partial charge on any atom is -0.359 e. The Morgan fingerprint density at radius 2 is 1.69 bits per heavy atom. The van der Waals surface area contributed by atoms with Gasteiger partial charge in [0.1, 0.15) is 0 Å². The fraction of sp³-hybridized carbons (Fsp3) is 0.296. The summed E-state index contributed by atoms with van der Waals surface area (Å²) in [4.78, 5) is 32.1. The first kappa shape index (κ1) is 21.8. The average molecular weight is 428 g/mol. The molecule has 0 unspecified atom stereocenters. The number of hydrogen-bond acceptors (Lipinski definition) is 3. The van der Waals surface area contributed by atoms with E-state index in [1.165, 1.54) is 5.56 Å². The van der Waals surface area contributed by atoms with Crippen molar-refractivity contribution < 1.29 is 9.59 Å². The van der Waals surface area contributed by atoms with Gasteiger partial charge >= 0.3 is 0 Å². The number of likely N-dealkylation sites (tertiary alicyclic amines) is 1. The molecule has 4 rings (SSSR count). The number of amides is 2. The summed E-state index contributed by atoms with van der Waals surface area (Å²) in [7, 11) is 1.68. The van der Waals surface area contributed by atoms with Crippen molar-refractivity contribution in [2.45, 2.75) is 25.7 Å². The van der Waals surface area contributed by atoms with Crippen molar-refractivity contribution in [3.05, 3.63) is 90.3 Å². The first-order valence-electron chi connectivity index (χ1n) is 11.1. The maximum atomic E-state index is 13.0. The third-order valence-corrected chi connectivity index (χ3v) is 6.30. The molecule has 2 heterocycles. The van der Waals surface area contributed by atoms with Gasteiger partial charge in [-0.15, -0.1) is 0 Å². The number of aromatic nitrogens is 1. The largest absolute Gasteiger partial charge is 0.359 e. The van der Waals surface area contributed by atoms with Crippen molar-refractivity contribution in [1.29, 1.82) is 0 Å². The highest BCUT2D eigenvalue weighted by molar-refractivity contribution is 5.85. The Balaban J connectivity index is 1.51. The Morgan fingerprint density at radius 3 is 2.38 bits per heavy atom. The van der Waals surface area contributed by atoms with Gasteiger partial charge in [0.15, 0.2) is 0 Å². The first-order valence-corrected chi connectivity index (χ1v) is 11.1. The van der Waals surface area contributed by atoms with Crippen molar-refractivity contribution >= 4 is 11.8 Å². The lowest BCUT2D eigenvalue weighted by molar-refractivity contribution is -0.141. The molecule has 5 nitrogen and oxygen atoms in total. The first-order chi connectivity index (χ1) is 15.6. The summed E-state index contributed by atoms with van der Waals surface area (Å²) in [5.74, 6) is 0.0241. The van der Waals surface area contributed by atoms with Crippen LogP contribution in [0.4, 0.5) is 0 Å². The molecule has 1 fully saturated rings. The maximum absolute atomic E-state index is 13.0. The molecule has 0 radical (unpaired) electrons. The Bertz CT molecular complexity index is 1050. The van der Waals surface area contributed by atoms with Gasteiger partial charge in [0.05, 0.1) is 11.8 Å². The zero-order chi connectivity index (χ0) is 22.4. The molecule has 1 N–H and O–H groups in total. The molecule has 3 aromatic rings. The molecule has 0 aliphatic carbocycles. The minimum absolute atomic E-state index is 0.0000259. The monoisotopic (exact) mass is 427 g/mol. The van der Waals surface area contributed by atoms with Crippen molar-refractivity contribution in [3.8, 4) is 11.1 Å². The number of nitrogens with zero attached hydrogens (tertiary/aromatic N) is 2. The molecule has 2 amide bonds. The molecule has 0 bridgehead atoms. The number of carbonyl (C=O) groups excluding carboxylic acids is 2. The maximum Gasteiger partial charge on any atom is 0.228 e. The molecule has 32 heavy (non-hydrogen) atoms. The summed E-state index contributed by atoms with van der Waals surface area (Å²) in [6, 6.07) is 24.3. The van der Waals surface area contributed by atoms with Crippen LogP contribution in [0.2, 0.25) is 0 Å². The lowest BCUT2D eigenvalue weighted by Gasteiger charge is -2.41. The molecule has 1 saturated heterocycles. The number of nitrogens with one attached hydrogen (secondary N) is 1. The number of benzene rings is 2. The zero-order valence-corrected chi connectivity index (χ0v) is 18.5. The number of piperidine rings is 1. The summed E-state index contributed by atoms with van der Waals surface area (Å²) in [5.41, 5.74) is 3.56. The summed E-state index contributed by atoms with van der Waals surface area (Å²) >= 11 is 0. The highest BCUT2D eigenvalue weighted by Gasteiger charge is 2.43. The van der Waals surface area contributed by atoms with Crippen molar-refractivity contribution in [2.75, 3.05) is 20.1 Å². The van der Waals surface area contributed by atoms with Gasteiger partial charge in [0, 0.05) is 32.0 Å². The summed E-state index contributed by atoms with van der Waals surface area (Å²) in [6.07, 6.45) is 4.14. The standard InChI is InChI=1S/C27H29N3O2/c1-28-26(32)27(19-21-11-13-23(14-12-21)22-8-3-2-4-9-22)15-7-17-30(20-27)25(31)18-24-10-5-6-16-29-24/h2-6,8-14,16H,7,15,17-20H2,1H3,(H,28,32)/t27-/m1/s1. The van der Waals surface area contributed by atoms with E-state index in [4.69, 9.17) is 0 Å². The van der Waals surface area contributed by atoms with E-state index in [2.05, 4.69) is 46.7 Å². The van der Waals surface area contributed by atoms with Crippen LogP contribution >= 0.6 is 0 Å².